The van der Waals surface area contributed by atoms with E-state index in [1.165, 1.54) is 11.8 Å². The van der Waals surface area contributed by atoms with E-state index >= 15 is 0 Å². The van der Waals surface area contributed by atoms with Crippen molar-refractivity contribution in [1.29, 1.82) is 0 Å². The predicted molar refractivity (Wildman–Crippen MR) is 83.7 cm³/mol. The van der Waals surface area contributed by atoms with Crippen LogP contribution in [0.2, 0.25) is 0 Å². The molecule has 0 atom stereocenters. The zero-order valence-corrected chi connectivity index (χ0v) is 12.6. The maximum Gasteiger partial charge on any atom is 0.193 e. The van der Waals surface area contributed by atoms with Crippen molar-refractivity contribution < 1.29 is 0 Å². The van der Waals surface area contributed by atoms with Gasteiger partial charge in [0.05, 0.1) is 10.2 Å². The normalized spacial score (nSPS) is 11.5. The molecule has 0 aliphatic heterocycles. The van der Waals surface area contributed by atoms with Gasteiger partial charge in [0.25, 0.3) is 0 Å². The second-order valence-corrected chi connectivity index (χ2v) is 6.75. The van der Waals surface area contributed by atoms with Crippen LogP contribution in [-0.4, -0.2) is 24.6 Å². The smallest absolute Gasteiger partial charge is 0.193 e. The molecule has 2 N–H and O–H groups in total. The summed E-state index contributed by atoms with van der Waals surface area (Å²) in [6, 6.07) is 5.73. The van der Waals surface area contributed by atoms with Crippen molar-refractivity contribution in [2.75, 3.05) is 5.73 Å². The molecule has 104 valence electrons. The van der Waals surface area contributed by atoms with Crippen LogP contribution in [0, 0.1) is 6.92 Å². The number of fused-ring (bicyclic) bond motifs is 2. The van der Waals surface area contributed by atoms with Gasteiger partial charge in [0.2, 0.25) is 0 Å². The number of hydrogen-bond acceptors (Lipinski definition) is 7. The number of aromatic nitrogens is 5. The fraction of sp³-hybridized carbons (Fsp3) is 0.0769. The third kappa shape index (κ3) is 2.12. The van der Waals surface area contributed by atoms with E-state index in [4.69, 9.17) is 5.73 Å². The number of nitrogens with zero attached hydrogens (tertiary/aromatic N) is 5. The summed E-state index contributed by atoms with van der Waals surface area (Å²) >= 11 is 3.09. The van der Waals surface area contributed by atoms with Gasteiger partial charge in [0.15, 0.2) is 9.99 Å². The van der Waals surface area contributed by atoms with Crippen LogP contribution >= 0.6 is 23.1 Å². The number of anilines is 1. The second-order valence-electron chi connectivity index (χ2n) is 4.48. The number of thiazole rings is 1. The summed E-state index contributed by atoms with van der Waals surface area (Å²) in [5.74, 6) is 0.839. The number of nitrogen functional groups attached to an aromatic ring is 1. The van der Waals surface area contributed by atoms with E-state index in [9.17, 15) is 0 Å². The van der Waals surface area contributed by atoms with Crippen molar-refractivity contribution in [3.8, 4) is 0 Å². The van der Waals surface area contributed by atoms with E-state index in [0.717, 1.165) is 36.7 Å². The molecule has 21 heavy (non-hydrogen) atoms. The quantitative estimate of drug-likeness (QED) is 0.573. The van der Waals surface area contributed by atoms with Crippen molar-refractivity contribution in [1.82, 2.24) is 24.6 Å². The highest BCUT2D eigenvalue weighted by Gasteiger charge is 2.12. The number of hydrogen-bond donors (Lipinski definition) is 1. The van der Waals surface area contributed by atoms with Crippen LogP contribution in [-0.2, 0) is 0 Å². The standard InChI is InChI=1S/C13H10N6S2/c1-7-17-18-11-12(15-4-5-19(7)11)21-13-16-9-3-2-8(14)6-10(9)20-13/h2-6H,14H2,1H3. The maximum absolute atomic E-state index is 5.80. The molecule has 0 fully saturated rings. The van der Waals surface area contributed by atoms with E-state index in [1.54, 1.807) is 17.5 Å². The molecule has 0 bridgehead atoms. The molecule has 0 unspecified atom stereocenters. The third-order valence-electron chi connectivity index (χ3n) is 3.04. The van der Waals surface area contributed by atoms with Crippen molar-refractivity contribution >= 4 is 44.6 Å². The first-order chi connectivity index (χ1) is 10.2. The maximum atomic E-state index is 5.80. The Labute approximate surface area is 128 Å². The predicted octanol–water partition coefficient (Wildman–Crippen LogP) is 2.78. The lowest BCUT2D eigenvalue weighted by molar-refractivity contribution is 0.987. The Hall–Kier alpha value is -2.19. The molecule has 0 spiro atoms. The van der Waals surface area contributed by atoms with Gasteiger partial charge in [0, 0.05) is 18.1 Å². The highest BCUT2D eigenvalue weighted by Crippen LogP contribution is 2.35. The lowest BCUT2D eigenvalue weighted by Crippen LogP contribution is -1.91. The number of nitrogens with two attached hydrogens (primary N) is 1. The number of aryl methyl sites for hydroxylation is 1. The van der Waals surface area contributed by atoms with Gasteiger partial charge in [-0.15, -0.1) is 21.5 Å². The molecule has 3 heterocycles. The van der Waals surface area contributed by atoms with E-state index in [-0.39, 0.29) is 0 Å². The molecule has 0 aliphatic rings. The van der Waals surface area contributed by atoms with Gasteiger partial charge >= 0.3 is 0 Å². The van der Waals surface area contributed by atoms with Crippen LogP contribution < -0.4 is 5.73 Å². The van der Waals surface area contributed by atoms with Crippen molar-refractivity contribution in [2.24, 2.45) is 0 Å². The van der Waals surface area contributed by atoms with E-state index in [1.807, 2.05) is 35.7 Å². The van der Waals surface area contributed by atoms with E-state index in [2.05, 4.69) is 20.2 Å². The van der Waals surface area contributed by atoms with Gasteiger partial charge in [-0.2, -0.15) is 0 Å². The Morgan fingerprint density at radius 3 is 3.10 bits per heavy atom. The first kappa shape index (κ1) is 12.5. The average molecular weight is 314 g/mol. The summed E-state index contributed by atoms with van der Waals surface area (Å²) in [6.07, 6.45) is 3.60. The minimum Gasteiger partial charge on any atom is -0.399 e. The van der Waals surface area contributed by atoms with Gasteiger partial charge in [-0.05, 0) is 36.9 Å². The largest absolute Gasteiger partial charge is 0.399 e. The molecule has 0 amide bonds. The third-order valence-corrected chi connectivity index (χ3v) is 5.10. The van der Waals surface area contributed by atoms with Crippen molar-refractivity contribution in [3.05, 3.63) is 36.4 Å². The highest BCUT2D eigenvalue weighted by atomic mass is 32.2. The van der Waals surface area contributed by atoms with Crippen LogP contribution in [0.4, 0.5) is 5.69 Å². The van der Waals surface area contributed by atoms with Crippen LogP contribution in [0.5, 0.6) is 0 Å². The Balaban J connectivity index is 1.79. The van der Waals surface area contributed by atoms with Crippen LogP contribution in [0.3, 0.4) is 0 Å². The minimum absolute atomic E-state index is 0.746. The Bertz CT molecular complexity index is 958. The summed E-state index contributed by atoms with van der Waals surface area (Å²) < 4.78 is 3.90. The van der Waals surface area contributed by atoms with E-state index in [0.29, 0.717) is 0 Å². The molecule has 0 aliphatic carbocycles. The summed E-state index contributed by atoms with van der Waals surface area (Å²) in [7, 11) is 0. The van der Waals surface area contributed by atoms with Crippen LogP contribution in [0.15, 0.2) is 40.0 Å². The topological polar surface area (TPSA) is 82.0 Å². The summed E-state index contributed by atoms with van der Waals surface area (Å²) in [5.41, 5.74) is 8.24. The van der Waals surface area contributed by atoms with Gasteiger partial charge in [-0.1, -0.05) is 0 Å². The molecule has 0 saturated carbocycles. The summed E-state index contributed by atoms with van der Waals surface area (Å²) in [6.45, 7) is 1.91. The van der Waals surface area contributed by atoms with Crippen LogP contribution in [0.1, 0.15) is 5.82 Å². The zero-order valence-electron chi connectivity index (χ0n) is 11.0. The van der Waals surface area contributed by atoms with Crippen LogP contribution in [0.25, 0.3) is 15.9 Å². The molecular formula is C13H10N6S2. The zero-order chi connectivity index (χ0) is 14.4. The monoisotopic (exact) mass is 314 g/mol. The first-order valence-electron chi connectivity index (χ1n) is 6.21. The Kier molecular flexibility index (Phi) is 2.79. The SMILES string of the molecule is Cc1nnc2c(Sc3nc4ccc(N)cc4s3)nccn12. The van der Waals surface area contributed by atoms with E-state index < -0.39 is 0 Å². The highest BCUT2D eigenvalue weighted by molar-refractivity contribution is 8.01. The Morgan fingerprint density at radius 1 is 1.29 bits per heavy atom. The fourth-order valence-electron chi connectivity index (χ4n) is 2.04. The lowest BCUT2D eigenvalue weighted by atomic mass is 10.3. The summed E-state index contributed by atoms with van der Waals surface area (Å²) in [5, 5.41) is 9.04. The number of benzene rings is 1. The molecule has 6 nitrogen and oxygen atoms in total. The minimum atomic E-state index is 0.746. The molecule has 1 aromatic carbocycles. The Morgan fingerprint density at radius 2 is 2.19 bits per heavy atom. The van der Waals surface area contributed by atoms with Gasteiger partial charge in [0.1, 0.15) is 10.9 Å². The first-order valence-corrected chi connectivity index (χ1v) is 7.84. The molecule has 0 radical (unpaired) electrons. The second kappa shape index (κ2) is 4.68. The van der Waals surface area contributed by atoms with Gasteiger partial charge < -0.3 is 5.73 Å². The van der Waals surface area contributed by atoms with Crippen molar-refractivity contribution in [2.45, 2.75) is 16.3 Å². The molecule has 4 aromatic rings. The molecule has 8 heteroatoms. The number of rotatable bonds is 2. The molecular weight excluding hydrogens is 304 g/mol. The molecule has 4 rings (SSSR count). The average Bonchev–Trinajstić information content (AvgIpc) is 3.03. The molecule has 0 saturated heterocycles. The lowest BCUT2D eigenvalue weighted by Gasteiger charge is -1.99. The van der Waals surface area contributed by atoms with Gasteiger partial charge in [-0.3, -0.25) is 4.40 Å². The van der Waals surface area contributed by atoms with Crippen molar-refractivity contribution in [3.63, 3.8) is 0 Å². The van der Waals surface area contributed by atoms with Gasteiger partial charge in [-0.25, -0.2) is 9.97 Å². The molecule has 3 aromatic heterocycles. The fourth-order valence-corrected chi connectivity index (χ4v) is 4.11. The summed E-state index contributed by atoms with van der Waals surface area (Å²) in [4.78, 5) is 8.98.